The van der Waals surface area contributed by atoms with Gasteiger partial charge in [0.1, 0.15) is 12.2 Å². The molecule has 1 heterocycles. The van der Waals surface area contributed by atoms with E-state index in [4.69, 9.17) is 4.74 Å². The van der Waals surface area contributed by atoms with Crippen molar-refractivity contribution in [3.8, 4) is 5.75 Å². The van der Waals surface area contributed by atoms with Crippen molar-refractivity contribution in [1.29, 1.82) is 0 Å². The van der Waals surface area contributed by atoms with Gasteiger partial charge in [-0.05, 0) is 35.4 Å². The number of nitrogens with zero attached hydrogens (tertiary/aromatic N) is 2. The molecular weight excluding hydrogens is 398 g/mol. The van der Waals surface area contributed by atoms with Crippen LogP contribution in [-0.4, -0.2) is 16.7 Å². The topological polar surface area (TPSA) is 102 Å². The molecule has 154 valence electrons. The first-order valence-electron chi connectivity index (χ1n) is 9.40. The molecule has 1 aliphatic heterocycles. The van der Waals surface area contributed by atoms with Crippen LogP contribution in [0.2, 0.25) is 0 Å². The minimum Gasteiger partial charge on any atom is -0.482 e. The lowest BCUT2D eigenvalue weighted by atomic mass is 10.1. The van der Waals surface area contributed by atoms with Crippen LogP contribution in [0.3, 0.4) is 0 Å². The molecule has 0 aliphatic carbocycles. The molecule has 1 aliphatic rings. The summed E-state index contributed by atoms with van der Waals surface area (Å²) in [6, 6.07) is 22.2. The summed E-state index contributed by atoms with van der Waals surface area (Å²) < 4.78 is 5.61. The number of carbonyl (C=O) groups is 2. The first-order valence-corrected chi connectivity index (χ1v) is 9.40. The Morgan fingerprint density at radius 2 is 1.65 bits per heavy atom. The Morgan fingerprint density at radius 1 is 0.968 bits per heavy atom. The molecule has 0 spiro atoms. The van der Waals surface area contributed by atoms with Gasteiger partial charge in [0.25, 0.3) is 11.8 Å². The molecule has 0 bridgehead atoms. The van der Waals surface area contributed by atoms with Crippen LogP contribution >= 0.6 is 0 Å². The fourth-order valence-electron chi connectivity index (χ4n) is 3.11. The molecule has 2 amide bonds. The number of ether oxygens (including phenoxy) is 1. The normalized spacial score (nSPS) is 14.6. The molecule has 31 heavy (non-hydrogen) atoms. The molecule has 3 aromatic rings. The molecular formula is C23H17N3O5. The number of nitro groups is 1. The minimum absolute atomic E-state index is 0.101. The van der Waals surface area contributed by atoms with E-state index in [1.165, 1.54) is 18.2 Å². The lowest BCUT2D eigenvalue weighted by Gasteiger charge is -2.13. The summed E-state index contributed by atoms with van der Waals surface area (Å²) in [6.07, 6.45) is 1.33. The number of para-hydroxylation sites is 1. The maximum absolute atomic E-state index is 12.7. The van der Waals surface area contributed by atoms with E-state index >= 15 is 0 Å². The fourth-order valence-corrected chi connectivity index (χ4v) is 3.11. The highest BCUT2D eigenvalue weighted by molar-refractivity contribution is 6.31. The number of amides is 2. The number of hydrogen-bond acceptors (Lipinski definition) is 5. The molecule has 1 fully saturated rings. The van der Waals surface area contributed by atoms with Crippen molar-refractivity contribution >= 4 is 29.3 Å². The van der Waals surface area contributed by atoms with Crippen molar-refractivity contribution in [2.75, 3.05) is 5.01 Å². The molecule has 3 aromatic carbocycles. The Hall–Kier alpha value is -4.46. The highest BCUT2D eigenvalue weighted by Crippen LogP contribution is 2.30. The second kappa shape index (κ2) is 8.50. The van der Waals surface area contributed by atoms with E-state index in [2.05, 4.69) is 5.43 Å². The number of benzene rings is 3. The highest BCUT2D eigenvalue weighted by Gasteiger charge is 2.34. The van der Waals surface area contributed by atoms with Crippen LogP contribution in [0, 0.1) is 10.1 Å². The molecule has 1 N–H and O–H groups in total. The zero-order valence-corrected chi connectivity index (χ0v) is 16.2. The lowest BCUT2D eigenvalue weighted by molar-refractivity contribution is -0.386. The van der Waals surface area contributed by atoms with Gasteiger partial charge in [-0.15, -0.1) is 0 Å². The summed E-state index contributed by atoms with van der Waals surface area (Å²) in [5.41, 5.74) is 3.85. The van der Waals surface area contributed by atoms with E-state index in [0.29, 0.717) is 11.3 Å². The predicted molar refractivity (Wildman–Crippen MR) is 114 cm³/mol. The standard InChI is InChI=1S/C23H17N3O5/c27-22-19(23(28)25(24-22)18-9-5-2-6-10-18)13-17-11-12-21(20(14-17)26(29)30)31-15-16-7-3-1-4-8-16/h1-14H,15H2,(H,24,27)/b19-13-. The van der Waals surface area contributed by atoms with Gasteiger partial charge in [0.15, 0.2) is 5.75 Å². The first kappa shape index (κ1) is 19.8. The number of hydrazine groups is 1. The summed E-state index contributed by atoms with van der Waals surface area (Å²) in [4.78, 5) is 36.0. The SMILES string of the molecule is O=C1NN(c2ccccc2)C(=O)/C1=C\c1ccc(OCc2ccccc2)c([N+](=O)[O-])c1. The minimum atomic E-state index is -0.582. The van der Waals surface area contributed by atoms with Crippen molar-refractivity contribution in [2.45, 2.75) is 6.61 Å². The quantitative estimate of drug-likeness (QED) is 0.287. The van der Waals surface area contributed by atoms with E-state index in [1.54, 1.807) is 36.4 Å². The largest absolute Gasteiger partial charge is 0.482 e. The van der Waals surface area contributed by atoms with Gasteiger partial charge in [-0.3, -0.25) is 25.1 Å². The lowest BCUT2D eigenvalue weighted by Crippen LogP contribution is -2.35. The summed E-state index contributed by atoms with van der Waals surface area (Å²) >= 11 is 0. The Balaban J connectivity index is 1.59. The van der Waals surface area contributed by atoms with Gasteiger partial charge >= 0.3 is 5.69 Å². The van der Waals surface area contributed by atoms with Crippen LogP contribution in [0.1, 0.15) is 11.1 Å². The zero-order valence-electron chi connectivity index (χ0n) is 16.2. The molecule has 4 rings (SSSR count). The van der Waals surface area contributed by atoms with Crippen LogP contribution in [0.5, 0.6) is 5.75 Å². The summed E-state index contributed by atoms with van der Waals surface area (Å²) in [6.45, 7) is 0.176. The van der Waals surface area contributed by atoms with Crippen LogP contribution in [-0.2, 0) is 16.2 Å². The van der Waals surface area contributed by atoms with E-state index in [0.717, 1.165) is 10.6 Å². The van der Waals surface area contributed by atoms with Gasteiger partial charge in [0.05, 0.1) is 10.6 Å². The number of nitro benzene ring substituents is 1. The van der Waals surface area contributed by atoms with Gasteiger partial charge in [-0.1, -0.05) is 54.6 Å². The monoisotopic (exact) mass is 415 g/mol. The third-order valence-electron chi connectivity index (χ3n) is 4.63. The molecule has 0 unspecified atom stereocenters. The predicted octanol–water partition coefficient (Wildman–Crippen LogP) is 3.64. The second-order valence-electron chi connectivity index (χ2n) is 6.73. The fraction of sp³-hybridized carbons (Fsp3) is 0.0435. The molecule has 0 aromatic heterocycles. The van der Waals surface area contributed by atoms with Gasteiger partial charge in [-0.2, -0.15) is 0 Å². The van der Waals surface area contributed by atoms with E-state index in [1.807, 2.05) is 30.3 Å². The van der Waals surface area contributed by atoms with Crippen LogP contribution in [0.15, 0.2) is 84.4 Å². The van der Waals surface area contributed by atoms with Crippen molar-refractivity contribution in [3.05, 3.63) is 106 Å². The highest BCUT2D eigenvalue weighted by atomic mass is 16.6. The molecule has 0 radical (unpaired) electrons. The molecule has 8 nitrogen and oxygen atoms in total. The molecule has 8 heteroatoms. The van der Waals surface area contributed by atoms with Gasteiger partial charge in [-0.25, -0.2) is 5.01 Å². The summed E-state index contributed by atoms with van der Waals surface area (Å²) in [5.74, 6) is -1.02. The van der Waals surface area contributed by atoms with Crippen LogP contribution in [0.4, 0.5) is 11.4 Å². The van der Waals surface area contributed by atoms with Crippen LogP contribution < -0.4 is 15.2 Å². The molecule has 0 saturated carbocycles. The van der Waals surface area contributed by atoms with Crippen molar-refractivity contribution in [3.63, 3.8) is 0 Å². The third-order valence-corrected chi connectivity index (χ3v) is 4.63. The Kier molecular flexibility index (Phi) is 5.44. The van der Waals surface area contributed by atoms with Gasteiger partial charge < -0.3 is 4.74 Å². The van der Waals surface area contributed by atoms with E-state index in [-0.39, 0.29) is 23.6 Å². The Morgan fingerprint density at radius 3 is 2.32 bits per heavy atom. The Bertz CT molecular complexity index is 1180. The average molecular weight is 415 g/mol. The molecule has 1 saturated heterocycles. The Labute approximate surface area is 177 Å². The van der Waals surface area contributed by atoms with E-state index < -0.39 is 16.7 Å². The number of carbonyl (C=O) groups excluding carboxylic acids is 2. The van der Waals surface area contributed by atoms with Crippen LogP contribution in [0.25, 0.3) is 6.08 Å². The van der Waals surface area contributed by atoms with Crippen molar-refractivity contribution < 1.29 is 19.2 Å². The maximum Gasteiger partial charge on any atom is 0.311 e. The van der Waals surface area contributed by atoms with E-state index in [9.17, 15) is 19.7 Å². The first-order chi connectivity index (χ1) is 15.0. The number of anilines is 1. The maximum atomic E-state index is 12.7. The van der Waals surface area contributed by atoms with Gasteiger partial charge in [0.2, 0.25) is 0 Å². The number of rotatable bonds is 6. The third kappa shape index (κ3) is 4.27. The summed E-state index contributed by atoms with van der Waals surface area (Å²) in [5, 5.41) is 12.7. The smallest absolute Gasteiger partial charge is 0.311 e. The van der Waals surface area contributed by atoms with Crippen molar-refractivity contribution in [2.24, 2.45) is 0 Å². The zero-order chi connectivity index (χ0) is 21.8. The number of nitrogens with one attached hydrogen (secondary N) is 1. The molecule has 0 atom stereocenters. The summed E-state index contributed by atoms with van der Waals surface area (Å²) in [7, 11) is 0. The average Bonchev–Trinajstić information content (AvgIpc) is 3.07. The number of hydrogen-bond donors (Lipinski definition) is 1. The van der Waals surface area contributed by atoms with Crippen molar-refractivity contribution in [1.82, 2.24) is 5.43 Å². The second-order valence-corrected chi connectivity index (χ2v) is 6.73. The van der Waals surface area contributed by atoms with Gasteiger partial charge in [0, 0.05) is 6.07 Å².